The predicted molar refractivity (Wildman–Crippen MR) is 114 cm³/mol. The van der Waals surface area contributed by atoms with E-state index in [-0.39, 0.29) is 5.41 Å². The quantitative estimate of drug-likeness (QED) is 0.604. The van der Waals surface area contributed by atoms with Crippen LogP contribution in [0.5, 0.6) is 5.75 Å². The smallest absolute Gasteiger partial charge is 0.139 e. The van der Waals surface area contributed by atoms with E-state index in [0.29, 0.717) is 23.5 Å². The molecule has 28 heavy (non-hydrogen) atoms. The third-order valence-electron chi connectivity index (χ3n) is 8.19. The summed E-state index contributed by atoms with van der Waals surface area (Å²) in [6, 6.07) is 6.83. The fourth-order valence-corrected chi connectivity index (χ4v) is 6.44. The van der Waals surface area contributed by atoms with Gasteiger partial charge in [-0.15, -0.1) is 0 Å². The zero-order valence-electron chi connectivity index (χ0n) is 18.0. The normalized spacial score (nSPS) is 31.4. The molecular weight excluding hydrogens is 346 g/mol. The van der Waals surface area contributed by atoms with Crippen LogP contribution in [0.25, 0.3) is 0 Å². The van der Waals surface area contributed by atoms with Gasteiger partial charge in [0, 0.05) is 18.4 Å². The molecule has 0 amide bonds. The lowest BCUT2D eigenvalue weighted by Gasteiger charge is -2.48. The third kappa shape index (κ3) is 3.51. The summed E-state index contributed by atoms with van der Waals surface area (Å²) in [5, 5.41) is 0. The fourth-order valence-electron chi connectivity index (χ4n) is 6.44. The Kier molecular flexibility index (Phi) is 5.83. The van der Waals surface area contributed by atoms with E-state index in [1.807, 2.05) is 0 Å². The van der Waals surface area contributed by atoms with Gasteiger partial charge in [-0.25, -0.2) is 0 Å². The van der Waals surface area contributed by atoms with Crippen molar-refractivity contribution in [1.82, 2.24) is 4.90 Å². The first kappa shape index (κ1) is 19.9. The average molecular weight is 384 g/mol. The molecule has 0 bridgehead atoms. The van der Waals surface area contributed by atoms with Crippen molar-refractivity contribution in [2.75, 3.05) is 26.2 Å². The van der Waals surface area contributed by atoms with Crippen molar-refractivity contribution in [3.8, 4) is 5.75 Å². The Bertz CT molecular complexity index is 710. The average Bonchev–Trinajstić information content (AvgIpc) is 3.02. The van der Waals surface area contributed by atoms with Crippen LogP contribution in [-0.2, 0) is 11.2 Å². The Morgan fingerprint density at radius 2 is 1.96 bits per heavy atom. The van der Waals surface area contributed by atoms with E-state index in [9.17, 15) is 4.79 Å². The van der Waals surface area contributed by atoms with Crippen LogP contribution in [0.3, 0.4) is 0 Å². The molecule has 0 aliphatic heterocycles. The fraction of sp³-hybridized carbons (Fsp3) is 0.720. The first-order valence-corrected chi connectivity index (χ1v) is 11.6. The van der Waals surface area contributed by atoms with E-state index >= 15 is 0 Å². The Balaban J connectivity index is 1.40. The number of ether oxygens (including phenoxy) is 1. The van der Waals surface area contributed by atoms with Gasteiger partial charge in [0.15, 0.2) is 0 Å². The molecule has 0 saturated heterocycles. The number of benzene rings is 1. The zero-order valence-corrected chi connectivity index (χ0v) is 18.0. The number of hydrogen-bond acceptors (Lipinski definition) is 3. The van der Waals surface area contributed by atoms with E-state index < -0.39 is 0 Å². The Labute approximate surface area is 170 Å². The van der Waals surface area contributed by atoms with Gasteiger partial charge in [-0.05, 0) is 92.6 Å². The molecule has 4 rings (SSSR count). The Hall–Kier alpha value is -1.35. The summed E-state index contributed by atoms with van der Waals surface area (Å²) in [4.78, 5) is 14.9. The van der Waals surface area contributed by atoms with E-state index in [1.54, 1.807) is 5.56 Å². The van der Waals surface area contributed by atoms with Gasteiger partial charge < -0.3 is 9.64 Å². The molecule has 4 atom stereocenters. The second-order valence-corrected chi connectivity index (χ2v) is 9.42. The highest BCUT2D eigenvalue weighted by atomic mass is 16.5. The largest absolute Gasteiger partial charge is 0.494 e. The molecule has 1 aromatic rings. The lowest BCUT2D eigenvalue weighted by Crippen LogP contribution is -2.42. The number of rotatable bonds is 7. The monoisotopic (exact) mass is 383 g/mol. The molecule has 2 fully saturated rings. The maximum absolute atomic E-state index is 12.5. The highest BCUT2D eigenvalue weighted by Crippen LogP contribution is 2.59. The summed E-state index contributed by atoms with van der Waals surface area (Å²) in [5.74, 6) is 3.55. The number of carbonyl (C=O) groups excluding carboxylic acids is 1. The number of Topliss-reactive ketones (excluding diaryl/α,β-unsaturated/α-hetero) is 1. The molecule has 3 aliphatic rings. The summed E-state index contributed by atoms with van der Waals surface area (Å²) >= 11 is 0. The molecule has 2 saturated carbocycles. The standard InChI is InChI=1S/C25H37NO2/c1-4-26(5-2)15-6-16-28-19-8-10-20-18(17-19)7-9-22-21(20)13-14-25(3)23(22)11-12-24(25)27/h8,10,17,21-23H,4-7,9,11-16H2,1-3H3/t21-,22-,23+,25+/m1/s1. The third-order valence-corrected chi connectivity index (χ3v) is 8.19. The van der Waals surface area contributed by atoms with Crippen molar-refractivity contribution in [3.63, 3.8) is 0 Å². The molecule has 0 radical (unpaired) electrons. The predicted octanol–water partition coefficient (Wildman–Crippen LogP) is 5.22. The van der Waals surface area contributed by atoms with Crippen molar-refractivity contribution in [3.05, 3.63) is 29.3 Å². The van der Waals surface area contributed by atoms with Crippen molar-refractivity contribution in [2.24, 2.45) is 17.3 Å². The van der Waals surface area contributed by atoms with Crippen LogP contribution in [0.1, 0.15) is 76.3 Å². The number of aryl methyl sites for hydroxylation is 1. The summed E-state index contributed by atoms with van der Waals surface area (Å²) in [6.45, 7) is 10.8. The molecule has 0 heterocycles. The SMILES string of the molecule is CCN(CC)CCCOc1ccc2c(c1)CC[C@@H]1[C@@H]2CC[C@]2(C)C(=O)CC[C@@H]12. The van der Waals surface area contributed by atoms with Crippen LogP contribution in [0.15, 0.2) is 18.2 Å². The molecule has 0 spiro atoms. The van der Waals surface area contributed by atoms with Gasteiger partial charge in [-0.2, -0.15) is 0 Å². The van der Waals surface area contributed by atoms with E-state index in [4.69, 9.17) is 4.74 Å². The minimum absolute atomic E-state index is 0.0212. The van der Waals surface area contributed by atoms with Gasteiger partial charge in [0.1, 0.15) is 11.5 Å². The van der Waals surface area contributed by atoms with Gasteiger partial charge >= 0.3 is 0 Å². The highest BCUT2D eigenvalue weighted by molar-refractivity contribution is 5.87. The first-order chi connectivity index (χ1) is 13.6. The number of fused-ring (bicyclic) bond motifs is 5. The van der Waals surface area contributed by atoms with E-state index in [0.717, 1.165) is 64.1 Å². The second-order valence-electron chi connectivity index (χ2n) is 9.42. The summed E-state index contributed by atoms with van der Waals surface area (Å²) in [6.07, 6.45) is 7.68. The lowest BCUT2D eigenvalue weighted by molar-refractivity contribution is -0.129. The number of nitrogens with zero attached hydrogens (tertiary/aromatic N) is 1. The van der Waals surface area contributed by atoms with Crippen LogP contribution < -0.4 is 4.74 Å². The van der Waals surface area contributed by atoms with E-state index in [1.165, 1.54) is 18.4 Å². The van der Waals surface area contributed by atoms with Gasteiger partial charge in [0.05, 0.1) is 6.61 Å². The van der Waals surface area contributed by atoms with Crippen molar-refractivity contribution >= 4 is 5.78 Å². The van der Waals surface area contributed by atoms with Gasteiger partial charge in [0.2, 0.25) is 0 Å². The first-order valence-electron chi connectivity index (χ1n) is 11.6. The Morgan fingerprint density at radius 3 is 2.75 bits per heavy atom. The minimum Gasteiger partial charge on any atom is -0.494 e. The van der Waals surface area contributed by atoms with Gasteiger partial charge in [0.25, 0.3) is 0 Å². The lowest BCUT2D eigenvalue weighted by atomic mass is 9.55. The van der Waals surface area contributed by atoms with Crippen molar-refractivity contribution in [1.29, 1.82) is 0 Å². The molecule has 0 N–H and O–H groups in total. The van der Waals surface area contributed by atoms with Crippen LogP contribution in [0.2, 0.25) is 0 Å². The maximum atomic E-state index is 12.5. The van der Waals surface area contributed by atoms with Crippen LogP contribution >= 0.6 is 0 Å². The molecular formula is C25H37NO2. The van der Waals surface area contributed by atoms with Crippen LogP contribution in [0, 0.1) is 17.3 Å². The molecule has 154 valence electrons. The zero-order chi connectivity index (χ0) is 19.7. The minimum atomic E-state index is -0.0212. The highest BCUT2D eigenvalue weighted by Gasteiger charge is 2.54. The number of carbonyl (C=O) groups is 1. The molecule has 1 aromatic carbocycles. The van der Waals surface area contributed by atoms with Crippen molar-refractivity contribution in [2.45, 2.75) is 71.6 Å². The summed E-state index contributed by atoms with van der Waals surface area (Å²) in [5.41, 5.74) is 3.02. The van der Waals surface area contributed by atoms with Gasteiger partial charge in [-0.3, -0.25) is 4.79 Å². The maximum Gasteiger partial charge on any atom is 0.139 e. The van der Waals surface area contributed by atoms with Gasteiger partial charge in [-0.1, -0.05) is 26.8 Å². The number of hydrogen-bond donors (Lipinski definition) is 0. The summed E-state index contributed by atoms with van der Waals surface area (Å²) < 4.78 is 6.08. The summed E-state index contributed by atoms with van der Waals surface area (Å²) in [7, 11) is 0. The molecule has 0 aromatic heterocycles. The van der Waals surface area contributed by atoms with Crippen molar-refractivity contribution < 1.29 is 9.53 Å². The number of ketones is 1. The topological polar surface area (TPSA) is 29.5 Å². The second kappa shape index (κ2) is 8.18. The molecule has 3 nitrogen and oxygen atoms in total. The van der Waals surface area contributed by atoms with Crippen LogP contribution in [0.4, 0.5) is 0 Å². The molecule has 3 aliphatic carbocycles. The Morgan fingerprint density at radius 1 is 1.14 bits per heavy atom. The van der Waals surface area contributed by atoms with Crippen LogP contribution in [-0.4, -0.2) is 36.9 Å². The molecule has 3 heteroatoms. The van der Waals surface area contributed by atoms with E-state index in [2.05, 4.69) is 43.9 Å². The molecule has 0 unspecified atom stereocenters.